The minimum absolute atomic E-state index is 0.573. The Kier molecular flexibility index (Phi) is 5.71. The molecule has 0 amide bonds. The third kappa shape index (κ3) is 4.17. The van der Waals surface area contributed by atoms with E-state index in [1.54, 1.807) is 26.0 Å². The molecule has 1 heterocycles. The van der Waals surface area contributed by atoms with Gasteiger partial charge in [-0.1, -0.05) is 23.4 Å². The van der Waals surface area contributed by atoms with Gasteiger partial charge in [-0.3, -0.25) is 0 Å². The van der Waals surface area contributed by atoms with Crippen molar-refractivity contribution in [3.05, 3.63) is 29.8 Å². The molecule has 1 aromatic carbocycles. The van der Waals surface area contributed by atoms with E-state index in [1.165, 1.54) is 5.57 Å². The van der Waals surface area contributed by atoms with E-state index in [1.807, 2.05) is 25.1 Å². The number of aromatic amines is 1. The van der Waals surface area contributed by atoms with Crippen LogP contribution in [0.3, 0.4) is 0 Å². The molecule has 1 aromatic heterocycles. The number of hydrogen-bond donors (Lipinski definition) is 2. The Labute approximate surface area is 134 Å². The number of methoxy groups -OCH3 is 2. The molecule has 6 nitrogen and oxygen atoms in total. The fraction of sp³-hybridized carbons (Fsp3) is 0.333. The van der Waals surface area contributed by atoms with E-state index < -0.39 is 0 Å². The van der Waals surface area contributed by atoms with E-state index in [0.717, 1.165) is 17.2 Å². The molecule has 22 heavy (non-hydrogen) atoms. The molecule has 118 valence electrons. The molecule has 0 aliphatic heterocycles. The minimum Gasteiger partial charge on any atom is -0.497 e. The number of anilines is 2. The number of H-pyrrole nitrogens is 1. The van der Waals surface area contributed by atoms with Crippen molar-refractivity contribution in [2.75, 3.05) is 25.3 Å². The molecule has 2 rings (SSSR count). The zero-order valence-corrected chi connectivity index (χ0v) is 14.0. The van der Waals surface area contributed by atoms with Crippen LogP contribution in [0.1, 0.15) is 13.8 Å². The van der Waals surface area contributed by atoms with Crippen molar-refractivity contribution in [3.63, 3.8) is 0 Å². The van der Waals surface area contributed by atoms with Crippen molar-refractivity contribution < 1.29 is 9.47 Å². The van der Waals surface area contributed by atoms with Gasteiger partial charge in [-0.25, -0.2) is 5.10 Å². The Hall–Kier alpha value is -2.15. The lowest BCUT2D eigenvalue weighted by Gasteiger charge is -2.10. The van der Waals surface area contributed by atoms with Crippen LogP contribution in [-0.4, -0.2) is 35.2 Å². The predicted octanol–water partition coefficient (Wildman–Crippen LogP) is 3.62. The van der Waals surface area contributed by atoms with Gasteiger partial charge in [0, 0.05) is 11.8 Å². The van der Waals surface area contributed by atoms with Crippen LogP contribution >= 0.6 is 11.8 Å². The SMILES string of the molecule is CC=C(C)CSc1n[nH]c(Nc2ccc(OC)cc2OC)n1. The maximum atomic E-state index is 5.34. The number of nitrogens with one attached hydrogen (secondary N) is 2. The second-order valence-corrected chi connectivity index (χ2v) is 5.52. The number of thioether (sulfide) groups is 1. The number of rotatable bonds is 7. The number of nitrogens with zero attached hydrogens (tertiary/aromatic N) is 2. The molecule has 7 heteroatoms. The Morgan fingerprint density at radius 1 is 1.36 bits per heavy atom. The summed E-state index contributed by atoms with van der Waals surface area (Å²) in [5, 5.41) is 10.9. The molecule has 2 N–H and O–H groups in total. The van der Waals surface area contributed by atoms with Crippen molar-refractivity contribution in [1.82, 2.24) is 15.2 Å². The largest absolute Gasteiger partial charge is 0.497 e. The summed E-state index contributed by atoms with van der Waals surface area (Å²) in [5.41, 5.74) is 2.08. The van der Waals surface area contributed by atoms with Crippen LogP contribution in [0.5, 0.6) is 11.5 Å². The van der Waals surface area contributed by atoms with Gasteiger partial charge in [-0.05, 0) is 26.0 Å². The first-order valence-corrected chi connectivity index (χ1v) is 7.81. The van der Waals surface area contributed by atoms with E-state index in [-0.39, 0.29) is 0 Å². The highest BCUT2D eigenvalue weighted by Gasteiger charge is 2.09. The summed E-state index contributed by atoms with van der Waals surface area (Å²) >= 11 is 1.59. The lowest BCUT2D eigenvalue weighted by Crippen LogP contribution is -1.97. The van der Waals surface area contributed by atoms with Gasteiger partial charge in [0.15, 0.2) is 0 Å². The van der Waals surface area contributed by atoms with Crippen LogP contribution in [0.25, 0.3) is 0 Å². The van der Waals surface area contributed by atoms with Crippen LogP contribution in [0.2, 0.25) is 0 Å². The molecule has 0 aliphatic rings. The van der Waals surface area contributed by atoms with Gasteiger partial charge >= 0.3 is 0 Å². The fourth-order valence-electron chi connectivity index (χ4n) is 1.66. The Bertz CT molecular complexity index is 655. The lowest BCUT2D eigenvalue weighted by molar-refractivity contribution is 0.395. The van der Waals surface area contributed by atoms with Crippen LogP contribution < -0.4 is 14.8 Å². The van der Waals surface area contributed by atoms with Gasteiger partial charge < -0.3 is 14.8 Å². The highest BCUT2D eigenvalue weighted by Crippen LogP contribution is 2.31. The molecular weight excluding hydrogens is 300 g/mol. The average Bonchev–Trinajstić information content (AvgIpc) is 3.00. The van der Waals surface area contributed by atoms with Crippen molar-refractivity contribution in [3.8, 4) is 11.5 Å². The summed E-state index contributed by atoms with van der Waals surface area (Å²) in [4.78, 5) is 4.40. The van der Waals surface area contributed by atoms with Gasteiger partial charge in [-0.15, -0.1) is 5.10 Å². The summed E-state index contributed by atoms with van der Waals surface area (Å²) in [6.07, 6.45) is 2.08. The fourth-order valence-corrected chi connectivity index (χ4v) is 2.45. The zero-order valence-electron chi connectivity index (χ0n) is 13.1. The van der Waals surface area contributed by atoms with Crippen molar-refractivity contribution in [1.29, 1.82) is 0 Å². The summed E-state index contributed by atoms with van der Waals surface area (Å²) < 4.78 is 10.5. The Morgan fingerprint density at radius 2 is 2.18 bits per heavy atom. The van der Waals surface area contributed by atoms with Crippen LogP contribution in [0.4, 0.5) is 11.6 Å². The van der Waals surface area contributed by atoms with Crippen LogP contribution in [0.15, 0.2) is 35.0 Å². The second-order valence-electron chi connectivity index (χ2n) is 4.58. The molecule has 0 fully saturated rings. The summed E-state index contributed by atoms with van der Waals surface area (Å²) in [6.45, 7) is 4.11. The molecule has 0 aliphatic carbocycles. The van der Waals surface area contributed by atoms with Crippen LogP contribution in [-0.2, 0) is 0 Å². The highest BCUT2D eigenvalue weighted by atomic mass is 32.2. The van der Waals surface area contributed by atoms with Gasteiger partial charge in [0.2, 0.25) is 11.1 Å². The molecule has 0 radical (unpaired) electrons. The quantitative estimate of drug-likeness (QED) is 0.599. The van der Waals surface area contributed by atoms with Gasteiger partial charge in [-0.2, -0.15) is 4.98 Å². The lowest BCUT2D eigenvalue weighted by atomic mass is 10.2. The smallest absolute Gasteiger partial charge is 0.224 e. The zero-order chi connectivity index (χ0) is 15.9. The molecule has 0 bridgehead atoms. The van der Waals surface area contributed by atoms with E-state index in [0.29, 0.717) is 16.9 Å². The Morgan fingerprint density at radius 3 is 2.86 bits per heavy atom. The van der Waals surface area contributed by atoms with E-state index in [2.05, 4.69) is 33.5 Å². The maximum Gasteiger partial charge on any atom is 0.224 e. The topological polar surface area (TPSA) is 72.1 Å². The molecule has 0 spiro atoms. The highest BCUT2D eigenvalue weighted by molar-refractivity contribution is 7.99. The number of benzene rings is 1. The average molecular weight is 320 g/mol. The first kappa shape index (κ1) is 16.2. The molecule has 0 unspecified atom stereocenters. The summed E-state index contributed by atoms with van der Waals surface area (Å²) in [6, 6.07) is 5.53. The van der Waals surface area contributed by atoms with Crippen molar-refractivity contribution in [2.45, 2.75) is 19.0 Å². The molecular formula is C15H20N4O2S. The van der Waals surface area contributed by atoms with Crippen LogP contribution in [0, 0.1) is 0 Å². The predicted molar refractivity (Wildman–Crippen MR) is 89.4 cm³/mol. The van der Waals surface area contributed by atoms with Crippen molar-refractivity contribution >= 4 is 23.4 Å². The molecule has 2 aromatic rings. The molecule has 0 saturated carbocycles. The monoisotopic (exact) mass is 320 g/mol. The van der Waals surface area contributed by atoms with Crippen molar-refractivity contribution in [2.24, 2.45) is 0 Å². The van der Waals surface area contributed by atoms with Gasteiger partial charge in [0.1, 0.15) is 11.5 Å². The third-order valence-corrected chi connectivity index (χ3v) is 4.09. The third-order valence-electron chi connectivity index (χ3n) is 3.05. The maximum absolute atomic E-state index is 5.34. The van der Waals surface area contributed by atoms with E-state index in [4.69, 9.17) is 9.47 Å². The van der Waals surface area contributed by atoms with E-state index in [9.17, 15) is 0 Å². The number of ether oxygens (including phenoxy) is 2. The number of allylic oxidation sites excluding steroid dienone is 1. The normalized spacial score (nSPS) is 11.4. The van der Waals surface area contributed by atoms with Gasteiger partial charge in [0.25, 0.3) is 0 Å². The molecule has 0 atom stereocenters. The minimum atomic E-state index is 0.573. The second kappa shape index (κ2) is 7.74. The summed E-state index contributed by atoms with van der Waals surface area (Å²) in [7, 11) is 3.23. The van der Waals surface area contributed by atoms with E-state index >= 15 is 0 Å². The Balaban J connectivity index is 2.06. The van der Waals surface area contributed by atoms with Gasteiger partial charge in [0.05, 0.1) is 19.9 Å². The molecule has 0 saturated heterocycles. The summed E-state index contributed by atoms with van der Waals surface area (Å²) in [5.74, 6) is 2.86. The standard InChI is InChI=1S/C15H20N4O2S/c1-5-10(2)9-22-15-17-14(18-19-15)16-12-7-6-11(20-3)8-13(12)21-4/h5-8H,9H2,1-4H3,(H2,16,17,18,19). The number of hydrogen-bond acceptors (Lipinski definition) is 6. The first-order valence-electron chi connectivity index (χ1n) is 6.82. The number of aromatic nitrogens is 3. The first-order chi connectivity index (χ1) is 10.7.